The normalized spacial score (nSPS) is 17.5. The molecule has 14 heavy (non-hydrogen) atoms. The number of halogens is 1. The second-order valence-corrected chi connectivity index (χ2v) is 3.37. The lowest BCUT2D eigenvalue weighted by molar-refractivity contribution is -0.117. The summed E-state index contributed by atoms with van der Waals surface area (Å²) in [5.74, 6) is -0.331. The Hall–Kier alpha value is -1.13. The topological polar surface area (TPSA) is 38.5 Å². The van der Waals surface area contributed by atoms with Crippen LogP contribution in [0, 0.1) is 5.82 Å². The summed E-state index contributed by atoms with van der Waals surface area (Å²) in [5.41, 5.74) is 6.25. The molecule has 1 aromatic carbocycles. The molecule has 0 radical (unpaired) electrons. The Labute approximate surface area is 82.2 Å². The van der Waals surface area contributed by atoms with E-state index in [1.54, 1.807) is 23.3 Å². The molecule has 0 spiro atoms. The molecule has 1 aliphatic heterocycles. The molecule has 0 saturated carbocycles. The van der Waals surface area contributed by atoms with Crippen molar-refractivity contribution in [2.45, 2.75) is 13.0 Å². The number of hydrogen-bond acceptors (Lipinski definition) is 3. The molecule has 4 heteroatoms. The first kappa shape index (κ1) is 9.43. The maximum absolute atomic E-state index is 13.4. The van der Waals surface area contributed by atoms with Crippen molar-refractivity contribution in [3.8, 4) is 0 Å². The van der Waals surface area contributed by atoms with Crippen LogP contribution in [0.25, 0.3) is 0 Å². The fraction of sp³-hybridized carbons (Fsp3) is 0.400. The molecule has 1 aliphatic rings. The number of nitrogen functional groups attached to an aromatic ring is 1. The standard InChI is InChI=1S/C10H13FN2O/c11-10-8(3-1-4-9(10)12)7-13-5-2-6-14-13/h1,3-4H,2,5-7,12H2. The molecule has 1 heterocycles. The molecule has 0 aromatic heterocycles. The highest BCUT2D eigenvalue weighted by molar-refractivity contribution is 5.42. The summed E-state index contributed by atoms with van der Waals surface area (Å²) in [6, 6.07) is 5.04. The van der Waals surface area contributed by atoms with E-state index < -0.39 is 0 Å². The number of nitrogens with zero attached hydrogens (tertiary/aromatic N) is 1. The minimum Gasteiger partial charge on any atom is -0.396 e. The minimum absolute atomic E-state index is 0.196. The SMILES string of the molecule is Nc1cccc(CN2CCCO2)c1F. The largest absolute Gasteiger partial charge is 0.396 e. The molecule has 0 atom stereocenters. The van der Waals surface area contributed by atoms with Crippen LogP contribution in [-0.2, 0) is 11.4 Å². The van der Waals surface area contributed by atoms with E-state index in [0.29, 0.717) is 12.1 Å². The van der Waals surface area contributed by atoms with Crippen LogP contribution in [0.1, 0.15) is 12.0 Å². The van der Waals surface area contributed by atoms with Crippen molar-refractivity contribution in [3.63, 3.8) is 0 Å². The highest BCUT2D eigenvalue weighted by Gasteiger charge is 2.15. The molecule has 76 valence electrons. The van der Waals surface area contributed by atoms with Crippen molar-refractivity contribution in [1.29, 1.82) is 0 Å². The molecule has 0 unspecified atom stereocenters. The molecule has 2 rings (SSSR count). The van der Waals surface area contributed by atoms with Gasteiger partial charge in [-0.1, -0.05) is 12.1 Å². The Bertz CT molecular complexity index is 324. The van der Waals surface area contributed by atoms with E-state index in [1.165, 1.54) is 0 Å². The third-order valence-corrected chi connectivity index (χ3v) is 2.28. The van der Waals surface area contributed by atoms with E-state index >= 15 is 0 Å². The van der Waals surface area contributed by atoms with Gasteiger partial charge < -0.3 is 5.73 Å². The second-order valence-electron chi connectivity index (χ2n) is 3.37. The molecule has 0 bridgehead atoms. The fourth-order valence-corrected chi connectivity index (χ4v) is 1.54. The monoisotopic (exact) mass is 196 g/mol. The van der Waals surface area contributed by atoms with Gasteiger partial charge >= 0.3 is 0 Å². The zero-order valence-corrected chi connectivity index (χ0v) is 7.87. The molecule has 1 saturated heterocycles. The van der Waals surface area contributed by atoms with Crippen LogP contribution in [0.4, 0.5) is 10.1 Å². The maximum atomic E-state index is 13.4. The molecule has 2 N–H and O–H groups in total. The first-order valence-electron chi connectivity index (χ1n) is 4.68. The van der Waals surface area contributed by atoms with Gasteiger partial charge in [-0.25, -0.2) is 4.39 Å². The van der Waals surface area contributed by atoms with Gasteiger partial charge in [0.1, 0.15) is 0 Å². The van der Waals surface area contributed by atoms with Crippen LogP contribution in [-0.4, -0.2) is 18.2 Å². The van der Waals surface area contributed by atoms with Crippen molar-refractivity contribution in [1.82, 2.24) is 5.06 Å². The number of anilines is 1. The fourth-order valence-electron chi connectivity index (χ4n) is 1.54. The van der Waals surface area contributed by atoms with Crippen LogP contribution in [0.15, 0.2) is 18.2 Å². The molecular formula is C10H13FN2O. The minimum atomic E-state index is -0.331. The Morgan fingerprint density at radius 1 is 1.50 bits per heavy atom. The van der Waals surface area contributed by atoms with Crippen LogP contribution in [0.2, 0.25) is 0 Å². The van der Waals surface area contributed by atoms with Gasteiger partial charge in [-0.15, -0.1) is 0 Å². The number of nitrogens with two attached hydrogens (primary N) is 1. The van der Waals surface area contributed by atoms with Crippen molar-refractivity contribution in [3.05, 3.63) is 29.6 Å². The highest BCUT2D eigenvalue weighted by atomic mass is 19.1. The van der Waals surface area contributed by atoms with E-state index in [9.17, 15) is 4.39 Å². The van der Waals surface area contributed by atoms with E-state index in [0.717, 1.165) is 19.6 Å². The quantitative estimate of drug-likeness (QED) is 0.729. The summed E-state index contributed by atoms with van der Waals surface area (Å²) in [5, 5.41) is 1.76. The molecular weight excluding hydrogens is 183 g/mol. The summed E-state index contributed by atoms with van der Waals surface area (Å²) in [6.07, 6.45) is 1.00. The molecule has 1 aromatic rings. The highest BCUT2D eigenvalue weighted by Crippen LogP contribution is 2.18. The number of benzene rings is 1. The van der Waals surface area contributed by atoms with Gasteiger partial charge in [0.2, 0.25) is 0 Å². The lowest BCUT2D eigenvalue weighted by Crippen LogP contribution is -2.18. The van der Waals surface area contributed by atoms with Crippen molar-refractivity contribution >= 4 is 5.69 Å². The van der Waals surface area contributed by atoms with Crippen molar-refractivity contribution in [2.75, 3.05) is 18.9 Å². The third-order valence-electron chi connectivity index (χ3n) is 2.28. The van der Waals surface area contributed by atoms with Crippen LogP contribution in [0.5, 0.6) is 0 Å². The van der Waals surface area contributed by atoms with Gasteiger partial charge in [-0.3, -0.25) is 4.84 Å². The van der Waals surface area contributed by atoms with Crippen molar-refractivity contribution < 1.29 is 9.23 Å². The van der Waals surface area contributed by atoms with E-state index in [-0.39, 0.29) is 11.5 Å². The second kappa shape index (κ2) is 3.94. The molecule has 3 nitrogen and oxygen atoms in total. The number of hydroxylamine groups is 2. The summed E-state index contributed by atoms with van der Waals surface area (Å²) >= 11 is 0. The lowest BCUT2D eigenvalue weighted by atomic mass is 10.2. The van der Waals surface area contributed by atoms with Gasteiger partial charge in [0, 0.05) is 12.1 Å². The summed E-state index contributed by atoms with van der Waals surface area (Å²) in [6.45, 7) is 2.05. The Morgan fingerprint density at radius 2 is 2.36 bits per heavy atom. The first-order chi connectivity index (χ1) is 6.77. The van der Waals surface area contributed by atoms with E-state index in [2.05, 4.69) is 0 Å². The van der Waals surface area contributed by atoms with E-state index in [4.69, 9.17) is 10.6 Å². The Kier molecular flexibility index (Phi) is 2.65. The predicted molar refractivity (Wildman–Crippen MR) is 51.8 cm³/mol. The summed E-state index contributed by atoms with van der Waals surface area (Å²) < 4.78 is 13.4. The average molecular weight is 196 g/mol. The van der Waals surface area contributed by atoms with Crippen LogP contribution in [0.3, 0.4) is 0 Å². The van der Waals surface area contributed by atoms with Gasteiger partial charge in [0.15, 0.2) is 5.82 Å². The first-order valence-corrected chi connectivity index (χ1v) is 4.68. The molecule has 1 fully saturated rings. The Morgan fingerprint density at radius 3 is 3.07 bits per heavy atom. The third kappa shape index (κ3) is 1.86. The Balaban J connectivity index is 2.11. The summed E-state index contributed by atoms with van der Waals surface area (Å²) in [4.78, 5) is 5.28. The van der Waals surface area contributed by atoms with Crippen LogP contribution < -0.4 is 5.73 Å². The zero-order valence-electron chi connectivity index (χ0n) is 7.87. The van der Waals surface area contributed by atoms with Gasteiger partial charge in [-0.05, 0) is 12.5 Å². The zero-order chi connectivity index (χ0) is 9.97. The van der Waals surface area contributed by atoms with Gasteiger partial charge in [0.25, 0.3) is 0 Å². The smallest absolute Gasteiger partial charge is 0.150 e. The molecule has 0 aliphatic carbocycles. The van der Waals surface area contributed by atoms with Crippen molar-refractivity contribution in [2.24, 2.45) is 0 Å². The van der Waals surface area contributed by atoms with Gasteiger partial charge in [-0.2, -0.15) is 5.06 Å². The molecule has 0 amide bonds. The van der Waals surface area contributed by atoms with Crippen LogP contribution >= 0.6 is 0 Å². The number of hydrogen-bond donors (Lipinski definition) is 1. The average Bonchev–Trinajstić information content (AvgIpc) is 2.66. The maximum Gasteiger partial charge on any atom is 0.150 e. The predicted octanol–water partition coefficient (Wildman–Crippen LogP) is 1.55. The number of rotatable bonds is 2. The van der Waals surface area contributed by atoms with E-state index in [1.807, 2.05) is 0 Å². The van der Waals surface area contributed by atoms with Gasteiger partial charge in [0.05, 0.1) is 18.8 Å². The lowest BCUT2D eigenvalue weighted by Gasteiger charge is -2.14. The summed E-state index contributed by atoms with van der Waals surface area (Å²) in [7, 11) is 0.